The first-order valence-corrected chi connectivity index (χ1v) is 4.26. The van der Waals surface area contributed by atoms with Crippen LogP contribution in [0.5, 0.6) is 0 Å². The average Bonchev–Trinajstić information content (AvgIpc) is 2.15. The molecule has 0 bridgehead atoms. The van der Waals surface area contributed by atoms with Gasteiger partial charge in [0.2, 0.25) is 0 Å². The zero-order chi connectivity index (χ0) is 8.20. The van der Waals surface area contributed by atoms with Crippen LogP contribution in [0.25, 0.3) is 0 Å². The van der Waals surface area contributed by atoms with Gasteiger partial charge in [-0.25, -0.2) is 0 Å². The summed E-state index contributed by atoms with van der Waals surface area (Å²) >= 11 is 0. The molecule has 0 radical (unpaired) electrons. The Bertz CT molecular complexity index is 118. The summed E-state index contributed by atoms with van der Waals surface area (Å²) in [7, 11) is 0. The standard InChI is InChI=1S/C8H14.C2H6/c1-7-4-5-8(2,3)6-7;1-2/h4H,5-6H2,1-3H3;1-2H3. The van der Waals surface area contributed by atoms with E-state index in [1.807, 2.05) is 13.8 Å². The first-order valence-electron chi connectivity index (χ1n) is 4.26. The second-order valence-electron chi connectivity index (χ2n) is 3.60. The molecule has 1 aliphatic carbocycles. The minimum absolute atomic E-state index is 0.573. The summed E-state index contributed by atoms with van der Waals surface area (Å²) in [6, 6.07) is 0. The molecule has 0 atom stereocenters. The molecule has 0 aromatic rings. The summed E-state index contributed by atoms with van der Waals surface area (Å²) in [5.74, 6) is 0. The molecule has 0 unspecified atom stereocenters. The smallest absolute Gasteiger partial charge is 0.0268 e. The molecule has 0 aromatic heterocycles. The van der Waals surface area contributed by atoms with E-state index in [0.29, 0.717) is 5.41 Å². The van der Waals surface area contributed by atoms with Gasteiger partial charge in [-0.2, -0.15) is 0 Å². The molecule has 0 aromatic carbocycles. The molecule has 60 valence electrons. The van der Waals surface area contributed by atoms with Gasteiger partial charge in [-0.3, -0.25) is 0 Å². The van der Waals surface area contributed by atoms with Crippen LogP contribution in [0.2, 0.25) is 0 Å². The Labute approximate surface area is 65.3 Å². The molecule has 0 nitrogen and oxygen atoms in total. The molecule has 0 saturated heterocycles. The van der Waals surface area contributed by atoms with Gasteiger partial charge in [0.05, 0.1) is 0 Å². The zero-order valence-corrected chi connectivity index (χ0v) is 7.99. The van der Waals surface area contributed by atoms with Crippen molar-refractivity contribution in [3.63, 3.8) is 0 Å². The molecule has 0 fully saturated rings. The van der Waals surface area contributed by atoms with Crippen molar-refractivity contribution in [3.05, 3.63) is 11.6 Å². The van der Waals surface area contributed by atoms with E-state index >= 15 is 0 Å². The van der Waals surface area contributed by atoms with E-state index in [2.05, 4.69) is 26.8 Å². The van der Waals surface area contributed by atoms with Crippen molar-refractivity contribution in [3.8, 4) is 0 Å². The topological polar surface area (TPSA) is 0 Å². The van der Waals surface area contributed by atoms with E-state index in [4.69, 9.17) is 0 Å². The van der Waals surface area contributed by atoms with Crippen molar-refractivity contribution in [2.75, 3.05) is 0 Å². The van der Waals surface area contributed by atoms with E-state index in [-0.39, 0.29) is 0 Å². The molecular formula is C10H20. The Morgan fingerprint density at radius 1 is 1.30 bits per heavy atom. The Hall–Kier alpha value is -0.260. The lowest BCUT2D eigenvalue weighted by molar-refractivity contribution is 0.394. The van der Waals surface area contributed by atoms with Crippen molar-refractivity contribution < 1.29 is 0 Å². The van der Waals surface area contributed by atoms with Crippen LogP contribution >= 0.6 is 0 Å². The van der Waals surface area contributed by atoms with E-state index in [1.165, 1.54) is 12.8 Å². The number of hydrogen-bond donors (Lipinski definition) is 0. The normalized spacial score (nSPS) is 21.1. The highest BCUT2D eigenvalue weighted by atomic mass is 14.3. The highest BCUT2D eigenvalue weighted by molar-refractivity contribution is 5.09. The molecular weight excluding hydrogens is 120 g/mol. The third-order valence-electron chi connectivity index (χ3n) is 1.76. The lowest BCUT2D eigenvalue weighted by atomic mass is 9.90. The van der Waals surface area contributed by atoms with Crippen LogP contribution < -0.4 is 0 Å². The van der Waals surface area contributed by atoms with Crippen molar-refractivity contribution in [2.24, 2.45) is 5.41 Å². The van der Waals surface area contributed by atoms with Crippen LogP contribution in [0.4, 0.5) is 0 Å². The van der Waals surface area contributed by atoms with Gasteiger partial charge in [-0.1, -0.05) is 39.3 Å². The van der Waals surface area contributed by atoms with Gasteiger partial charge in [0.15, 0.2) is 0 Å². The molecule has 0 N–H and O–H groups in total. The maximum atomic E-state index is 2.35. The van der Waals surface area contributed by atoms with Gasteiger partial charge in [-0.05, 0) is 25.2 Å². The summed E-state index contributed by atoms with van der Waals surface area (Å²) in [4.78, 5) is 0. The van der Waals surface area contributed by atoms with Crippen molar-refractivity contribution >= 4 is 0 Å². The van der Waals surface area contributed by atoms with Crippen LogP contribution in [0.3, 0.4) is 0 Å². The fourth-order valence-corrected chi connectivity index (χ4v) is 1.35. The minimum Gasteiger partial charge on any atom is -0.0850 e. The Morgan fingerprint density at radius 2 is 1.80 bits per heavy atom. The Morgan fingerprint density at radius 3 is 1.90 bits per heavy atom. The van der Waals surface area contributed by atoms with Crippen molar-refractivity contribution in [1.82, 2.24) is 0 Å². The lowest BCUT2D eigenvalue weighted by Crippen LogP contribution is -2.03. The number of hydrogen-bond acceptors (Lipinski definition) is 0. The first-order chi connectivity index (χ1) is 4.60. The van der Waals surface area contributed by atoms with Crippen LogP contribution in [0.15, 0.2) is 11.6 Å². The molecule has 0 heteroatoms. The van der Waals surface area contributed by atoms with Gasteiger partial charge in [0, 0.05) is 0 Å². The largest absolute Gasteiger partial charge is 0.0850 e. The van der Waals surface area contributed by atoms with Gasteiger partial charge in [-0.15, -0.1) is 0 Å². The second kappa shape index (κ2) is 3.80. The summed E-state index contributed by atoms with van der Waals surface area (Å²) in [6.07, 6.45) is 4.92. The SMILES string of the molecule is CC.CC1=CCC(C)(C)C1. The summed E-state index contributed by atoms with van der Waals surface area (Å²) in [5.41, 5.74) is 2.14. The maximum absolute atomic E-state index is 2.35. The minimum atomic E-state index is 0.573. The predicted molar refractivity (Wildman–Crippen MR) is 48.1 cm³/mol. The Balaban J connectivity index is 0.000000371. The van der Waals surface area contributed by atoms with E-state index < -0.39 is 0 Å². The summed E-state index contributed by atoms with van der Waals surface area (Å²) < 4.78 is 0. The van der Waals surface area contributed by atoms with Crippen LogP contribution in [-0.2, 0) is 0 Å². The van der Waals surface area contributed by atoms with Crippen molar-refractivity contribution in [1.29, 1.82) is 0 Å². The molecule has 0 spiro atoms. The first kappa shape index (κ1) is 9.74. The fourth-order valence-electron chi connectivity index (χ4n) is 1.35. The highest BCUT2D eigenvalue weighted by Crippen LogP contribution is 2.35. The highest BCUT2D eigenvalue weighted by Gasteiger charge is 2.21. The monoisotopic (exact) mass is 140 g/mol. The van der Waals surface area contributed by atoms with E-state index in [1.54, 1.807) is 5.57 Å². The average molecular weight is 140 g/mol. The fraction of sp³-hybridized carbons (Fsp3) is 0.800. The summed E-state index contributed by atoms with van der Waals surface area (Å²) in [5, 5.41) is 0. The molecule has 0 aliphatic heterocycles. The number of allylic oxidation sites excluding steroid dienone is 2. The van der Waals surface area contributed by atoms with Crippen LogP contribution in [-0.4, -0.2) is 0 Å². The molecule has 10 heavy (non-hydrogen) atoms. The van der Waals surface area contributed by atoms with Crippen LogP contribution in [0, 0.1) is 5.41 Å². The summed E-state index contributed by atoms with van der Waals surface area (Å²) in [6.45, 7) is 10.9. The molecule has 1 rings (SSSR count). The van der Waals surface area contributed by atoms with E-state index in [0.717, 1.165) is 0 Å². The molecule has 0 saturated carbocycles. The Kier molecular flexibility index (Phi) is 3.70. The molecule has 1 aliphatic rings. The van der Waals surface area contributed by atoms with Gasteiger partial charge in [0.1, 0.15) is 0 Å². The van der Waals surface area contributed by atoms with E-state index in [9.17, 15) is 0 Å². The maximum Gasteiger partial charge on any atom is -0.0268 e. The van der Waals surface area contributed by atoms with Gasteiger partial charge < -0.3 is 0 Å². The predicted octanol–water partition coefficient (Wildman–Crippen LogP) is 3.78. The number of rotatable bonds is 0. The quantitative estimate of drug-likeness (QED) is 0.449. The molecule has 0 heterocycles. The second-order valence-corrected chi connectivity index (χ2v) is 3.60. The lowest BCUT2D eigenvalue weighted by Gasteiger charge is -2.15. The zero-order valence-electron chi connectivity index (χ0n) is 7.99. The van der Waals surface area contributed by atoms with Gasteiger partial charge in [0.25, 0.3) is 0 Å². The third kappa shape index (κ3) is 3.05. The van der Waals surface area contributed by atoms with Crippen molar-refractivity contribution in [2.45, 2.75) is 47.5 Å². The van der Waals surface area contributed by atoms with Crippen LogP contribution in [0.1, 0.15) is 47.5 Å². The van der Waals surface area contributed by atoms with Gasteiger partial charge >= 0.3 is 0 Å². The third-order valence-corrected chi connectivity index (χ3v) is 1.76. The molecule has 0 amide bonds.